The van der Waals surface area contributed by atoms with Gasteiger partial charge in [0.05, 0.1) is 0 Å². The summed E-state index contributed by atoms with van der Waals surface area (Å²) >= 11 is 0. The average Bonchev–Trinajstić information content (AvgIpc) is 2.38. The third-order valence-electron chi connectivity index (χ3n) is 0.611. The van der Waals surface area contributed by atoms with E-state index in [9.17, 15) is 18.0 Å². The number of alkyl halides is 3. The number of halogens is 3. The molecule has 0 amide bonds. The van der Waals surface area contributed by atoms with Gasteiger partial charge in [-0.3, -0.25) is 0 Å². The van der Waals surface area contributed by atoms with Gasteiger partial charge in [-0.2, -0.15) is 13.2 Å². The van der Waals surface area contributed by atoms with E-state index in [1.54, 1.807) is 0 Å². The number of carboxylic acids is 1. The molecule has 0 aliphatic rings. The molecule has 74 valence electrons. The van der Waals surface area contributed by atoms with Crippen LogP contribution in [0.15, 0.2) is 15.6 Å². The van der Waals surface area contributed by atoms with Crippen LogP contribution in [0.2, 0.25) is 0 Å². The zero-order valence-corrected chi connectivity index (χ0v) is 5.83. The van der Waals surface area contributed by atoms with E-state index in [0.29, 0.717) is 0 Å². The molecule has 0 bridgehead atoms. The molecule has 2 N–H and O–H groups in total. The van der Waals surface area contributed by atoms with Crippen molar-refractivity contribution >= 4 is 5.97 Å². The first-order valence-electron chi connectivity index (χ1n) is 2.62. The van der Waals surface area contributed by atoms with E-state index in [1.807, 2.05) is 5.10 Å². The summed E-state index contributed by atoms with van der Waals surface area (Å²) in [6.45, 7) is 0. The molecule has 1 aromatic rings. The summed E-state index contributed by atoms with van der Waals surface area (Å²) in [6, 6.07) is 0. The summed E-state index contributed by atoms with van der Waals surface area (Å²) in [5.41, 5.74) is 0. The molecule has 0 unspecified atom stereocenters. The molecular weight excluding hydrogens is 197 g/mol. The van der Waals surface area contributed by atoms with Crippen molar-refractivity contribution in [3.05, 3.63) is 16.9 Å². The molecule has 0 atom stereocenters. The predicted octanol–water partition coefficient (Wildman–Crippen LogP) is -0.00380. The summed E-state index contributed by atoms with van der Waals surface area (Å²) in [7, 11) is 0. The summed E-state index contributed by atoms with van der Waals surface area (Å²) in [5, 5.41) is 12.4. The van der Waals surface area contributed by atoms with Gasteiger partial charge in [-0.05, 0) is 0 Å². The SMILES string of the molecule is O=C(O)C(F)(F)F.O=c1[nH]nco1. The van der Waals surface area contributed by atoms with Crippen molar-refractivity contribution < 1.29 is 27.5 Å². The number of carboxylic acid groups (broad SMARTS) is 1. The Morgan fingerprint density at radius 2 is 2.08 bits per heavy atom. The highest BCUT2D eigenvalue weighted by Gasteiger charge is 2.38. The minimum atomic E-state index is -5.08. The van der Waals surface area contributed by atoms with E-state index in [1.165, 1.54) is 0 Å². The van der Waals surface area contributed by atoms with E-state index in [0.717, 1.165) is 6.39 Å². The number of H-pyrrole nitrogens is 1. The fourth-order valence-corrected chi connectivity index (χ4v) is 0.180. The van der Waals surface area contributed by atoms with Crippen LogP contribution >= 0.6 is 0 Å². The van der Waals surface area contributed by atoms with Crippen LogP contribution in [0.1, 0.15) is 0 Å². The Bertz CT molecular complexity index is 297. The lowest BCUT2D eigenvalue weighted by Gasteiger charge is -1.93. The smallest absolute Gasteiger partial charge is 0.475 e. The van der Waals surface area contributed by atoms with Crippen molar-refractivity contribution in [1.82, 2.24) is 10.2 Å². The molecule has 9 heteroatoms. The van der Waals surface area contributed by atoms with Gasteiger partial charge in [-0.15, -0.1) is 5.10 Å². The number of nitrogens with one attached hydrogen (secondary N) is 1. The Kier molecular flexibility index (Phi) is 3.69. The van der Waals surface area contributed by atoms with Crippen LogP contribution in [0.5, 0.6) is 0 Å². The van der Waals surface area contributed by atoms with Crippen LogP contribution in [0.3, 0.4) is 0 Å². The summed E-state index contributed by atoms with van der Waals surface area (Å²) in [4.78, 5) is 18.7. The fourth-order valence-electron chi connectivity index (χ4n) is 0.180. The molecule has 0 saturated heterocycles. The quantitative estimate of drug-likeness (QED) is 0.614. The fraction of sp³-hybridized carbons (Fsp3) is 0.250. The molecule has 1 rings (SSSR count). The molecule has 6 nitrogen and oxygen atoms in total. The number of nitrogens with zero attached hydrogens (tertiary/aromatic N) is 1. The van der Waals surface area contributed by atoms with Crippen LogP contribution in [-0.2, 0) is 4.79 Å². The zero-order chi connectivity index (χ0) is 10.5. The monoisotopic (exact) mass is 200 g/mol. The molecule has 0 fully saturated rings. The van der Waals surface area contributed by atoms with Crippen molar-refractivity contribution in [2.45, 2.75) is 6.18 Å². The predicted molar refractivity (Wildman–Crippen MR) is 30.8 cm³/mol. The maximum atomic E-state index is 10.6. The van der Waals surface area contributed by atoms with Crippen molar-refractivity contribution in [3.8, 4) is 0 Å². The first-order valence-corrected chi connectivity index (χ1v) is 2.62. The number of hydrogen-bond acceptors (Lipinski definition) is 4. The second-order valence-corrected chi connectivity index (χ2v) is 1.55. The minimum Gasteiger partial charge on any atom is -0.475 e. The highest BCUT2D eigenvalue weighted by Crippen LogP contribution is 2.13. The normalized spacial score (nSPS) is 10.1. The van der Waals surface area contributed by atoms with Gasteiger partial charge in [0.2, 0.25) is 6.39 Å². The third kappa shape index (κ3) is 5.47. The Morgan fingerprint density at radius 3 is 2.15 bits per heavy atom. The molecule has 1 aromatic heterocycles. The van der Waals surface area contributed by atoms with Crippen molar-refractivity contribution in [3.63, 3.8) is 0 Å². The zero-order valence-electron chi connectivity index (χ0n) is 5.83. The van der Waals surface area contributed by atoms with Crippen LogP contribution in [0, 0.1) is 0 Å². The van der Waals surface area contributed by atoms with Gasteiger partial charge in [-0.1, -0.05) is 0 Å². The largest absolute Gasteiger partial charge is 0.490 e. The van der Waals surface area contributed by atoms with Gasteiger partial charge < -0.3 is 9.52 Å². The number of aromatic amines is 1. The number of aromatic nitrogens is 2. The molecule has 0 aliphatic carbocycles. The Balaban J connectivity index is 0.000000223. The number of carbonyl (C=O) groups is 1. The van der Waals surface area contributed by atoms with E-state index in [-0.39, 0.29) is 0 Å². The van der Waals surface area contributed by atoms with Gasteiger partial charge >= 0.3 is 17.9 Å². The van der Waals surface area contributed by atoms with E-state index in [4.69, 9.17) is 9.90 Å². The molecular formula is C4H3F3N2O4. The topological polar surface area (TPSA) is 96.2 Å². The second kappa shape index (κ2) is 4.28. The van der Waals surface area contributed by atoms with Gasteiger partial charge in [0, 0.05) is 0 Å². The summed E-state index contributed by atoms with van der Waals surface area (Å²) in [5.74, 6) is -3.28. The summed E-state index contributed by atoms with van der Waals surface area (Å²) in [6.07, 6.45) is -4.04. The van der Waals surface area contributed by atoms with Gasteiger partial charge in [0.15, 0.2) is 0 Å². The highest BCUT2D eigenvalue weighted by atomic mass is 19.4. The summed E-state index contributed by atoms with van der Waals surface area (Å²) < 4.78 is 35.8. The van der Waals surface area contributed by atoms with Gasteiger partial charge in [-0.25, -0.2) is 14.7 Å². The third-order valence-corrected chi connectivity index (χ3v) is 0.611. The molecule has 1 heterocycles. The van der Waals surface area contributed by atoms with Gasteiger partial charge in [0.1, 0.15) is 0 Å². The first kappa shape index (κ1) is 11.2. The van der Waals surface area contributed by atoms with Crippen molar-refractivity contribution in [2.24, 2.45) is 0 Å². The molecule has 0 saturated carbocycles. The average molecular weight is 200 g/mol. The molecule has 0 aromatic carbocycles. The maximum Gasteiger partial charge on any atom is 0.490 e. The Labute approximate surface area is 68.0 Å². The van der Waals surface area contributed by atoms with E-state index >= 15 is 0 Å². The highest BCUT2D eigenvalue weighted by molar-refractivity contribution is 5.73. The number of aliphatic carboxylic acids is 1. The van der Waals surface area contributed by atoms with Crippen LogP contribution in [0.4, 0.5) is 13.2 Å². The van der Waals surface area contributed by atoms with Crippen molar-refractivity contribution in [2.75, 3.05) is 0 Å². The minimum absolute atomic E-state index is 0.519. The van der Waals surface area contributed by atoms with Crippen LogP contribution in [-0.4, -0.2) is 27.4 Å². The molecule has 0 aliphatic heterocycles. The van der Waals surface area contributed by atoms with Gasteiger partial charge in [0.25, 0.3) is 0 Å². The van der Waals surface area contributed by atoms with Crippen molar-refractivity contribution in [1.29, 1.82) is 0 Å². The lowest BCUT2D eigenvalue weighted by atomic mass is 10.7. The molecule has 0 spiro atoms. The molecule has 0 radical (unpaired) electrons. The Hall–Kier alpha value is -1.80. The second-order valence-electron chi connectivity index (χ2n) is 1.55. The van der Waals surface area contributed by atoms with Crippen LogP contribution < -0.4 is 5.76 Å². The molecule has 13 heavy (non-hydrogen) atoms. The lowest BCUT2D eigenvalue weighted by Crippen LogP contribution is -2.21. The lowest BCUT2D eigenvalue weighted by molar-refractivity contribution is -0.192. The standard InChI is InChI=1S/C2HF3O2.C2H2N2O2/c3-2(4,5)1(6)7;5-2-4-3-1-6-2/h(H,6,7);1H,(H,4,5). The number of rotatable bonds is 0. The van der Waals surface area contributed by atoms with E-state index < -0.39 is 17.9 Å². The van der Waals surface area contributed by atoms with Crippen LogP contribution in [0.25, 0.3) is 0 Å². The number of hydrogen-bond donors (Lipinski definition) is 2. The van der Waals surface area contributed by atoms with E-state index in [2.05, 4.69) is 9.52 Å². The maximum absolute atomic E-state index is 10.6. The first-order chi connectivity index (χ1) is 5.84. The Morgan fingerprint density at radius 1 is 1.62 bits per heavy atom.